The first-order valence-electron chi connectivity index (χ1n) is 0.365. The summed E-state index contributed by atoms with van der Waals surface area (Å²) in [5.74, 6) is 0. The monoisotopic (exact) mass is 188 g/mol. The molecule has 0 heterocycles. The van der Waals surface area contributed by atoms with Crippen LogP contribution in [-0.2, 0) is 5.04 Å². The van der Waals surface area contributed by atoms with Crippen LogP contribution in [0.15, 0.2) is 0 Å². The molecule has 0 aromatic rings. The van der Waals surface area contributed by atoms with Gasteiger partial charge in [0, 0.05) is 48.9 Å². The van der Waals surface area contributed by atoms with Crippen LogP contribution < -0.4 is 0 Å². The average Bonchev–Trinajstić information content (AvgIpc) is 0.918. The fraction of sp³-hybridized carbons (Fsp3) is 0. The predicted octanol–water partition coefficient (Wildman–Crippen LogP) is -0.432. The molecule has 2 radical (unpaired) electrons. The van der Waals surface area contributed by atoms with Gasteiger partial charge in [-0.3, -0.25) is 0 Å². The number of rotatable bonds is 0. The first-order valence-corrected chi connectivity index (χ1v) is 0.365. The quantitative estimate of drug-likeness (QED) is 0.307. The van der Waals surface area contributed by atoms with Crippen LogP contribution in [0.2, 0.25) is 0 Å². The minimum Gasteiger partial charge on any atom is -0.221 e. The van der Waals surface area contributed by atoms with Gasteiger partial charge in [0.2, 0.25) is 0 Å². The predicted molar refractivity (Wildman–Crippen MR) is 12.1 cm³/mol. The molecule has 0 fully saturated rings. The van der Waals surface area contributed by atoms with E-state index in [1.165, 1.54) is 0 Å². The van der Waals surface area contributed by atoms with E-state index in [1.807, 2.05) is 0 Å². The summed E-state index contributed by atoms with van der Waals surface area (Å²) in [7, 11) is 0. The molecule has 0 rings (SSSR count). The van der Waals surface area contributed by atoms with E-state index in [0.717, 1.165) is 0 Å². The Balaban J connectivity index is 0. The number of hydrogen-bond acceptors (Lipinski definition) is 3. The Bertz CT molecular complexity index is 3.25. The van der Waals surface area contributed by atoms with Gasteiger partial charge in [0.1, 0.15) is 0 Å². The van der Waals surface area contributed by atoms with E-state index >= 15 is 0 Å². The van der Waals surface area contributed by atoms with Crippen LogP contribution in [0, 0.1) is 0 Å². The molecule has 4 heavy (non-hydrogen) atoms. The average molecular weight is 187 g/mol. The molecule has 0 aliphatic heterocycles. The van der Waals surface area contributed by atoms with Crippen molar-refractivity contribution in [3.8, 4) is 0 Å². The van der Waals surface area contributed by atoms with Crippen LogP contribution in [0.1, 0.15) is 0 Å². The first-order chi connectivity index (χ1) is 1.41. The van der Waals surface area contributed by atoms with E-state index < -0.39 is 0 Å². The summed E-state index contributed by atoms with van der Waals surface area (Å²) >= 11 is 0. The SMILES string of the molecule is OOO.[Ba]. The van der Waals surface area contributed by atoms with Crippen molar-refractivity contribution in [1.82, 2.24) is 0 Å². The molecule has 0 aromatic heterocycles. The topological polar surface area (TPSA) is 49.7 Å². The Kier molecular flexibility index (Phi) is 20.0. The number of hydrogen-bond donors (Lipinski definition) is 2. The van der Waals surface area contributed by atoms with E-state index in [0.29, 0.717) is 0 Å². The van der Waals surface area contributed by atoms with E-state index in [1.54, 1.807) is 0 Å². The molecule has 3 nitrogen and oxygen atoms in total. The van der Waals surface area contributed by atoms with Gasteiger partial charge >= 0.3 is 0 Å². The van der Waals surface area contributed by atoms with E-state index in [2.05, 4.69) is 5.04 Å². The molecule has 4 heteroatoms. The van der Waals surface area contributed by atoms with Gasteiger partial charge in [0.05, 0.1) is 0 Å². The third-order valence-corrected chi connectivity index (χ3v) is 0. The standard InChI is InChI=1S/Ba.H2O3/c;1-3-2/h;1-2H. The van der Waals surface area contributed by atoms with Crippen LogP contribution in [0.25, 0.3) is 0 Å². The molecule has 0 aliphatic carbocycles. The van der Waals surface area contributed by atoms with Crippen LogP contribution in [-0.4, -0.2) is 59.4 Å². The molecule has 0 unspecified atom stereocenters. The maximum absolute atomic E-state index is 6.62. The van der Waals surface area contributed by atoms with Crippen molar-refractivity contribution in [2.75, 3.05) is 0 Å². The Morgan fingerprint density at radius 1 is 1.25 bits per heavy atom. The Morgan fingerprint density at radius 3 is 1.25 bits per heavy atom. The third kappa shape index (κ3) is 9.85. The van der Waals surface area contributed by atoms with Crippen LogP contribution >= 0.6 is 0 Å². The molecule has 0 spiro atoms. The second-order valence-corrected chi connectivity index (χ2v) is 0.0816. The van der Waals surface area contributed by atoms with Gasteiger partial charge in [-0.05, 0) is 0 Å². The van der Waals surface area contributed by atoms with Crippen LogP contribution in [0.4, 0.5) is 0 Å². The third-order valence-electron chi connectivity index (χ3n) is 0. The second-order valence-electron chi connectivity index (χ2n) is 0.0816. The Labute approximate surface area is 63.5 Å². The van der Waals surface area contributed by atoms with Gasteiger partial charge in [-0.2, -0.15) is 0 Å². The van der Waals surface area contributed by atoms with Crippen molar-refractivity contribution in [2.45, 2.75) is 0 Å². The summed E-state index contributed by atoms with van der Waals surface area (Å²) in [5.41, 5.74) is 0. The summed E-state index contributed by atoms with van der Waals surface area (Å²) in [6.07, 6.45) is 0. The fourth-order valence-electron chi connectivity index (χ4n) is 0. The Hall–Kier alpha value is 1.45. The molecule has 0 atom stereocenters. The van der Waals surface area contributed by atoms with Gasteiger partial charge in [-0.25, -0.2) is 10.5 Å². The van der Waals surface area contributed by atoms with Crippen molar-refractivity contribution < 1.29 is 15.6 Å². The molecule has 2 N–H and O–H groups in total. The summed E-state index contributed by atoms with van der Waals surface area (Å²) in [6.45, 7) is 0. The van der Waals surface area contributed by atoms with Gasteiger partial charge in [-0.1, -0.05) is 5.04 Å². The smallest absolute Gasteiger partial charge is 0 e. The van der Waals surface area contributed by atoms with Gasteiger partial charge in [-0.15, -0.1) is 0 Å². The minimum absolute atomic E-state index is 0. The van der Waals surface area contributed by atoms with Crippen molar-refractivity contribution in [1.29, 1.82) is 0 Å². The van der Waals surface area contributed by atoms with Gasteiger partial charge in [0.15, 0.2) is 0 Å². The zero-order valence-electron chi connectivity index (χ0n) is 2.01. The maximum Gasteiger partial charge on any atom is 0 e. The fourth-order valence-corrected chi connectivity index (χ4v) is 0. The van der Waals surface area contributed by atoms with Crippen molar-refractivity contribution >= 4 is 48.9 Å². The molecule has 0 bridgehead atoms. The zero-order chi connectivity index (χ0) is 2.71. The van der Waals surface area contributed by atoms with Crippen LogP contribution in [0.3, 0.4) is 0 Å². The summed E-state index contributed by atoms with van der Waals surface area (Å²) < 4.78 is 0. The van der Waals surface area contributed by atoms with Crippen molar-refractivity contribution in [3.05, 3.63) is 0 Å². The molecule has 0 aliphatic rings. The largest absolute Gasteiger partial charge is 0.221 e. The first kappa shape index (κ1) is 9.07. The zero-order valence-corrected chi connectivity index (χ0v) is 6.45. The normalized spacial score (nSPS) is 4.50. The van der Waals surface area contributed by atoms with Gasteiger partial charge < -0.3 is 0 Å². The van der Waals surface area contributed by atoms with Crippen LogP contribution in [0.5, 0.6) is 0 Å². The maximum atomic E-state index is 6.62. The molecule has 0 saturated heterocycles. The summed E-state index contributed by atoms with van der Waals surface area (Å²) in [4.78, 5) is 0. The molecule has 0 saturated carbocycles. The molecular formula is H2BaO3. The van der Waals surface area contributed by atoms with E-state index in [9.17, 15) is 0 Å². The molecule has 0 amide bonds. The summed E-state index contributed by atoms with van der Waals surface area (Å²) in [5, 5.41) is 15.5. The molecule has 22 valence electrons. The Morgan fingerprint density at radius 2 is 1.25 bits per heavy atom. The van der Waals surface area contributed by atoms with Crippen molar-refractivity contribution in [2.24, 2.45) is 0 Å². The van der Waals surface area contributed by atoms with Crippen molar-refractivity contribution in [3.63, 3.8) is 0 Å². The summed E-state index contributed by atoms with van der Waals surface area (Å²) in [6, 6.07) is 0. The van der Waals surface area contributed by atoms with Gasteiger partial charge in [0.25, 0.3) is 0 Å². The molecule has 0 aromatic carbocycles. The molecular weight excluding hydrogens is 185 g/mol. The van der Waals surface area contributed by atoms with E-state index in [4.69, 9.17) is 10.5 Å². The minimum atomic E-state index is 0. The van der Waals surface area contributed by atoms with E-state index in [-0.39, 0.29) is 48.9 Å². The second kappa shape index (κ2) is 8.82.